The van der Waals surface area contributed by atoms with Crippen molar-refractivity contribution in [2.75, 3.05) is 18.8 Å². The molecule has 1 aromatic heterocycles. The van der Waals surface area contributed by atoms with Crippen LogP contribution in [0.15, 0.2) is 9.42 Å². The topological polar surface area (TPSA) is 80.5 Å². The largest absolute Gasteiger partial charge is 0.360 e. The molecule has 0 amide bonds. The van der Waals surface area contributed by atoms with Gasteiger partial charge in [-0.2, -0.15) is 4.31 Å². The molecule has 1 fully saturated rings. The highest BCUT2D eigenvalue weighted by Gasteiger charge is 2.40. The van der Waals surface area contributed by atoms with Crippen molar-refractivity contribution in [1.82, 2.24) is 9.46 Å². The lowest BCUT2D eigenvalue weighted by molar-refractivity contribution is 0.374. The molecule has 0 N–H and O–H groups in total. The highest BCUT2D eigenvalue weighted by atomic mass is 32.2. The minimum absolute atomic E-state index is 0.135. The monoisotopic (exact) mass is 306 g/mol. The Morgan fingerprint density at radius 3 is 2.47 bits per heavy atom. The summed E-state index contributed by atoms with van der Waals surface area (Å²) >= 11 is 0. The van der Waals surface area contributed by atoms with E-state index in [0.717, 1.165) is 0 Å². The molecule has 1 atom stereocenters. The van der Waals surface area contributed by atoms with Crippen LogP contribution in [0.1, 0.15) is 25.3 Å². The lowest BCUT2D eigenvalue weighted by atomic mass is 10.2. The molecule has 0 spiro atoms. The number of nitrogens with zero attached hydrogens (tertiary/aromatic N) is 2. The zero-order chi connectivity index (χ0) is 14.4. The number of aryl methyl sites for hydroxylation is 2. The summed E-state index contributed by atoms with van der Waals surface area (Å²) in [5.41, 5.74) is 0.363. The Hall–Kier alpha value is -0.730. The van der Waals surface area contributed by atoms with Crippen molar-refractivity contribution in [2.24, 2.45) is 0 Å². The van der Waals surface area contributed by atoms with Crippen molar-refractivity contribution >= 4 is 20.8 Å². The SMILES string of the molecule is Cc1noc(C)c1S(=O)(=O)N1CC[S@@](=O)C(C)(C)C1. The Morgan fingerprint density at radius 1 is 1.37 bits per heavy atom. The van der Waals surface area contributed by atoms with Gasteiger partial charge in [-0.05, 0) is 27.7 Å². The molecule has 0 saturated carbocycles. The molecule has 6 nitrogen and oxygen atoms in total. The Kier molecular flexibility index (Phi) is 3.61. The Labute approximate surface area is 115 Å². The van der Waals surface area contributed by atoms with Crippen molar-refractivity contribution in [3.8, 4) is 0 Å². The van der Waals surface area contributed by atoms with E-state index in [1.54, 1.807) is 13.8 Å². The van der Waals surface area contributed by atoms with Crippen LogP contribution < -0.4 is 0 Å². The molecule has 1 saturated heterocycles. The van der Waals surface area contributed by atoms with E-state index < -0.39 is 25.6 Å². The van der Waals surface area contributed by atoms with E-state index in [1.807, 2.05) is 13.8 Å². The van der Waals surface area contributed by atoms with E-state index in [9.17, 15) is 12.6 Å². The molecule has 8 heteroatoms. The van der Waals surface area contributed by atoms with Crippen LogP contribution in [0.25, 0.3) is 0 Å². The molecular weight excluding hydrogens is 288 g/mol. The molecule has 0 unspecified atom stereocenters. The summed E-state index contributed by atoms with van der Waals surface area (Å²) < 4.78 is 42.9. The third-order valence-corrected chi connectivity index (χ3v) is 7.27. The highest BCUT2D eigenvalue weighted by Crippen LogP contribution is 2.28. The molecule has 2 heterocycles. The van der Waals surface area contributed by atoms with Crippen molar-refractivity contribution in [3.05, 3.63) is 11.5 Å². The average Bonchev–Trinajstić information content (AvgIpc) is 2.62. The second-order valence-electron chi connectivity index (χ2n) is 5.30. The molecule has 0 aromatic carbocycles. The molecular formula is C11H18N2O4S2. The first-order valence-corrected chi connectivity index (χ1v) is 8.73. The second kappa shape index (κ2) is 4.68. The molecule has 0 aliphatic carbocycles. The Balaban J connectivity index is 2.39. The van der Waals surface area contributed by atoms with Gasteiger partial charge in [0, 0.05) is 29.6 Å². The maximum Gasteiger partial charge on any atom is 0.248 e. The molecule has 0 bridgehead atoms. The van der Waals surface area contributed by atoms with Crippen LogP contribution in [-0.2, 0) is 20.8 Å². The van der Waals surface area contributed by atoms with Crippen molar-refractivity contribution in [2.45, 2.75) is 37.3 Å². The molecule has 1 aromatic rings. The van der Waals surface area contributed by atoms with Crippen molar-refractivity contribution < 1.29 is 17.1 Å². The highest BCUT2D eigenvalue weighted by molar-refractivity contribution is 7.90. The van der Waals surface area contributed by atoms with Crippen LogP contribution in [-0.4, -0.2) is 45.7 Å². The fourth-order valence-electron chi connectivity index (χ4n) is 2.21. The van der Waals surface area contributed by atoms with Crippen LogP contribution in [0.5, 0.6) is 0 Å². The predicted octanol–water partition coefficient (Wildman–Crippen LogP) is 0.823. The van der Waals surface area contributed by atoms with Gasteiger partial charge >= 0.3 is 0 Å². The maximum atomic E-state index is 12.6. The Morgan fingerprint density at radius 2 is 2.00 bits per heavy atom. The van der Waals surface area contributed by atoms with Gasteiger partial charge in [0.15, 0.2) is 5.76 Å². The number of hydrogen-bond acceptors (Lipinski definition) is 5. The van der Waals surface area contributed by atoms with Crippen LogP contribution in [0.2, 0.25) is 0 Å². The van der Waals surface area contributed by atoms with Crippen LogP contribution in [0, 0.1) is 13.8 Å². The van der Waals surface area contributed by atoms with Gasteiger partial charge in [-0.25, -0.2) is 8.42 Å². The van der Waals surface area contributed by atoms with Crippen LogP contribution >= 0.6 is 0 Å². The van der Waals surface area contributed by atoms with E-state index in [2.05, 4.69) is 5.16 Å². The quantitative estimate of drug-likeness (QED) is 0.808. The lowest BCUT2D eigenvalue weighted by Crippen LogP contribution is -2.52. The predicted molar refractivity (Wildman–Crippen MR) is 71.8 cm³/mol. The molecule has 19 heavy (non-hydrogen) atoms. The van der Waals surface area contributed by atoms with Gasteiger partial charge in [-0.15, -0.1) is 0 Å². The van der Waals surface area contributed by atoms with Crippen molar-refractivity contribution in [1.29, 1.82) is 0 Å². The summed E-state index contributed by atoms with van der Waals surface area (Å²) in [5.74, 6) is 0.650. The van der Waals surface area contributed by atoms with Crippen LogP contribution in [0.3, 0.4) is 0 Å². The third-order valence-electron chi connectivity index (χ3n) is 3.27. The first-order valence-electron chi connectivity index (χ1n) is 5.98. The van der Waals surface area contributed by atoms with E-state index in [-0.39, 0.29) is 18.0 Å². The normalized spacial score (nSPS) is 24.5. The second-order valence-corrected chi connectivity index (χ2v) is 9.38. The minimum atomic E-state index is -3.63. The van der Waals surface area contributed by atoms with E-state index >= 15 is 0 Å². The van der Waals surface area contributed by atoms with Gasteiger partial charge in [0.2, 0.25) is 10.0 Å². The summed E-state index contributed by atoms with van der Waals surface area (Å²) in [7, 11) is -4.64. The van der Waals surface area contributed by atoms with Gasteiger partial charge in [0.25, 0.3) is 0 Å². The number of hydrogen-bond donors (Lipinski definition) is 0. The summed E-state index contributed by atoms with van der Waals surface area (Å²) in [6, 6.07) is 0. The summed E-state index contributed by atoms with van der Waals surface area (Å²) in [6.45, 7) is 7.33. The first-order chi connectivity index (χ1) is 8.66. The van der Waals surface area contributed by atoms with Gasteiger partial charge in [0.1, 0.15) is 10.6 Å². The van der Waals surface area contributed by atoms with Gasteiger partial charge < -0.3 is 4.52 Å². The molecule has 1 aliphatic heterocycles. The number of aromatic nitrogens is 1. The van der Waals surface area contributed by atoms with Gasteiger partial charge in [0.05, 0.1) is 4.75 Å². The molecule has 1 aliphatic rings. The van der Waals surface area contributed by atoms with Crippen LogP contribution in [0.4, 0.5) is 0 Å². The zero-order valence-electron chi connectivity index (χ0n) is 11.5. The van der Waals surface area contributed by atoms with Gasteiger partial charge in [-0.3, -0.25) is 4.21 Å². The summed E-state index contributed by atoms with van der Waals surface area (Å²) in [5, 5.41) is 3.69. The summed E-state index contributed by atoms with van der Waals surface area (Å²) in [4.78, 5) is 0.135. The lowest BCUT2D eigenvalue weighted by Gasteiger charge is -2.36. The fraction of sp³-hybridized carbons (Fsp3) is 0.727. The number of rotatable bonds is 2. The zero-order valence-corrected chi connectivity index (χ0v) is 13.1. The minimum Gasteiger partial charge on any atom is -0.360 e. The van der Waals surface area contributed by atoms with E-state index in [4.69, 9.17) is 4.52 Å². The fourth-order valence-corrected chi connectivity index (χ4v) is 5.54. The van der Waals surface area contributed by atoms with E-state index in [0.29, 0.717) is 17.2 Å². The van der Waals surface area contributed by atoms with Gasteiger partial charge in [-0.1, -0.05) is 5.16 Å². The summed E-state index contributed by atoms with van der Waals surface area (Å²) in [6.07, 6.45) is 0. The van der Waals surface area contributed by atoms with Crippen molar-refractivity contribution in [3.63, 3.8) is 0 Å². The number of sulfonamides is 1. The maximum absolute atomic E-state index is 12.6. The smallest absolute Gasteiger partial charge is 0.248 e. The molecule has 2 rings (SSSR count). The average molecular weight is 306 g/mol. The standard InChI is InChI=1S/C11H18N2O4S2/c1-8-10(9(2)17-12-8)19(15,16)13-5-6-18(14)11(3,4)7-13/h5-7H2,1-4H3/t18-/m1/s1. The first kappa shape index (κ1) is 14.7. The molecule has 0 radical (unpaired) electrons. The molecule has 108 valence electrons. The Bertz CT molecular complexity index is 599. The van der Waals surface area contributed by atoms with E-state index in [1.165, 1.54) is 4.31 Å². The third kappa shape index (κ3) is 2.48.